The molecule has 0 aromatic carbocycles. The van der Waals surface area contributed by atoms with Crippen molar-refractivity contribution < 1.29 is 18.7 Å². The molecule has 1 heterocycles. The van der Waals surface area contributed by atoms with Crippen LogP contribution in [0.15, 0.2) is 12.2 Å². The zero-order chi connectivity index (χ0) is 12.5. The highest BCUT2D eigenvalue weighted by molar-refractivity contribution is 6.27. The first-order valence-electron chi connectivity index (χ1n) is 6.26. The third-order valence-electron chi connectivity index (χ3n) is 2.56. The lowest BCUT2D eigenvalue weighted by atomic mass is 10.2. The molecule has 1 rings (SSSR count). The predicted octanol–water partition coefficient (Wildman–Crippen LogP) is 2.18. The highest BCUT2D eigenvalue weighted by Gasteiger charge is 2.13. The van der Waals surface area contributed by atoms with E-state index in [-0.39, 0.29) is 19.7 Å². The molecule has 106 valence electrons. The van der Waals surface area contributed by atoms with Crippen LogP contribution in [0.25, 0.3) is 0 Å². The van der Waals surface area contributed by atoms with Crippen molar-refractivity contribution in [3.63, 3.8) is 0 Å². The maximum absolute atomic E-state index is 11.1. The van der Waals surface area contributed by atoms with Crippen molar-refractivity contribution in [3.8, 4) is 0 Å². The van der Waals surface area contributed by atoms with Gasteiger partial charge in [-0.3, -0.25) is 0 Å². The molecule has 1 aliphatic heterocycles. The van der Waals surface area contributed by atoms with Gasteiger partial charge in [0, 0.05) is 12.2 Å². The number of ether oxygens (including phenoxy) is 2. The molecule has 0 aromatic rings. The summed E-state index contributed by atoms with van der Waals surface area (Å²) in [5, 5.41) is 0. The zero-order valence-electron chi connectivity index (χ0n) is 10.6. The van der Waals surface area contributed by atoms with Crippen LogP contribution in [0.2, 0.25) is 6.04 Å². The predicted molar refractivity (Wildman–Crippen MR) is 75.1 cm³/mol. The Kier molecular flexibility index (Phi) is 9.91. The second-order valence-corrected chi connectivity index (χ2v) is 5.74. The summed E-state index contributed by atoms with van der Waals surface area (Å²) in [6, 6.07) is 1.02. The highest BCUT2D eigenvalue weighted by atomic mass is 28.2. The van der Waals surface area contributed by atoms with Crippen LogP contribution >= 0.6 is 0 Å². The van der Waals surface area contributed by atoms with Gasteiger partial charge in [0.2, 0.25) is 0 Å². The molecule has 4 nitrogen and oxygen atoms in total. The molecule has 0 bridgehead atoms. The van der Waals surface area contributed by atoms with E-state index in [0.29, 0.717) is 12.2 Å². The van der Waals surface area contributed by atoms with Gasteiger partial charge in [-0.05, 0) is 38.7 Å². The third-order valence-corrected chi connectivity index (χ3v) is 3.96. The monoisotopic (exact) mass is 274 g/mol. The topological polar surface area (TPSA) is 44.8 Å². The van der Waals surface area contributed by atoms with Crippen LogP contribution in [0.3, 0.4) is 0 Å². The summed E-state index contributed by atoms with van der Waals surface area (Å²) in [6.45, 7) is 6.47. The van der Waals surface area contributed by atoms with Crippen LogP contribution in [0.5, 0.6) is 0 Å². The van der Waals surface area contributed by atoms with Crippen LogP contribution in [-0.4, -0.2) is 35.2 Å². The van der Waals surface area contributed by atoms with Gasteiger partial charge in [-0.2, -0.15) is 0 Å². The lowest BCUT2D eigenvalue weighted by molar-refractivity contribution is -0.139. The first kappa shape index (κ1) is 17.3. The number of rotatable bonds is 7. The Hall–Kier alpha value is -0.653. The molecule has 18 heavy (non-hydrogen) atoms. The van der Waals surface area contributed by atoms with E-state index in [1.807, 2.05) is 0 Å². The van der Waals surface area contributed by atoms with Gasteiger partial charge in [0.15, 0.2) is 9.76 Å². The van der Waals surface area contributed by atoms with Crippen molar-refractivity contribution >= 4 is 15.7 Å². The minimum atomic E-state index is -0.537. The van der Waals surface area contributed by atoms with Crippen molar-refractivity contribution in [2.45, 2.75) is 52.4 Å². The minimum Gasteiger partial charge on any atom is -0.462 e. The molecular formula is C13H26O4Si. The Morgan fingerprint density at radius 2 is 2.28 bits per heavy atom. The number of hydrogen-bond donors (Lipinski definition) is 0. The van der Waals surface area contributed by atoms with E-state index in [0.717, 1.165) is 31.9 Å². The summed E-state index contributed by atoms with van der Waals surface area (Å²) in [5.41, 5.74) is 0.453. The van der Waals surface area contributed by atoms with Gasteiger partial charge in [-0.1, -0.05) is 14.0 Å². The molecular weight excluding hydrogens is 248 g/mol. The zero-order valence-corrected chi connectivity index (χ0v) is 12.0. The van der Waals surface area contributed by atoms with Crippen LogP contribution in [-0.2, 0) is 18.7 Å². The quantitative estimate of drug-likeness (QED) is 0.309. The molecule has 5 heteroatoms. The van der Waals surface area contributed by atoms with Crippen LogP contribution in [0, 0.1) is 0 Å². The SMILES string of the molecule is C.C=C(C)C(=O)OCCC[SiH2]OC1CCCCO1. The van der Waals surface area contributed by atoms with E-state index >= 15 is 0 Å². The Morgan fingerprint density at radius 3 is 2.89 bits per heavy atom. The van der Waals surface area contributed by atoms with Crippen molar-refractivity contribution in [1.82, 2.24) is 0 Å². The smallest absolute Gasteiger partial charge is 0.333 e. The van der Waals surface area contributed by atoms with Gasteiger partial charge in [-0.25, -0.2) is 4.79 Å². The van der Waals surface area contributed by atoms with E-state index in [9.17, 15) is 4.79 Å². The Balaban J connectivity index is 0.00000289. The van der Waals surface area contributed by atoms with E-state index < -0.39 is 9.76 Å². The summed E-state index contributed by atoms with van der Waals surface area (Å²) >= 11 is 0. The van der Waals surface area contributed by atoms with Gasteiger partial charge in [0.05, 0.1) is 6.61 Å². The van der Waals surface area contributed by atoms with Crippen molar-refractivity contribution in [1.29, 1.82) is 0 Å². The minimum absolute atomic E-state index is 0. The summed E-state index contributed by atoms with van der Waals surface area (Å²) < 4.78 is 16.2. The molecule has 1 aliphatic rings. The van der Waals surface area contributed by atoms with E-state index in [1.165, 1.54) is 6.42 Å². The first-order chi connectivity index (χ1) is 8.20. The van der Waals surface area contributed by atoms with E-state index in [4.69, 9.17) is 13.9 Å². The number of esters is 1. The fourth-order valence-electron chi connectivity index (χ4n) is 1.55. The van der Waals surface area contributed by atoms with Crippen LogP contribution in [0.1, 0.15) is 40.0 Å². The average molecular weight is 274 g/mol. The number of carbonyl (C=O) groups excluding carboxylic acids is 1. The summed E-state index contributed by atoms with van der Waals surface area (Å²) in [7, 11) is -0.537. The van der Waals surface area contributed by atoms with Gasteiger partial charge in [-0.15, -0.1) is 0 Å². The molecule has 1 fully saturated rings. The van der Waals surface area contributed by atoms with Crippen LogP contribution in [0.4, 0.5) is 0 Å². The summed E-state index contributed by atoms with van der Waals surface area (Å²) in [6.07, 6.45) is 4.29. The summed E-state index contributed by atoms with van der Waals surface area (Å²) in [4.78, 5) is 11.1. The van der Waals surface area contributed by atoms with Gasteiger partial charge >= 0.3 is 5.97 Å². The molecule has 0 radical (unpaired) electrons. The van der Waals surface area contributed by atoms with Gasteiger partial charge < -0.3 is 13.9 Å². The standard InChI is InChI=1S/C12H22O4Si.CH4/c1-10(2)12(13)15-8-5-9-17-16-11-6-3-4-7-14-11;/h11H,1,3-9,17H2,2H3;1H4. The second kappa shape index (κ2) is 10.3. The lowest BCUT2D eigenvalue weighted by Gasteiger charge is -2.22. The van der Waals surface area contributed by atoms with Crippen molar-refractivity contribution in [3.05, 3.63) is 12.2 Å². The maximum Gasteiger partial charge on any atom is 0.333 e. The van der Waals surface area contributed by atoms with Crippen LogP contribution < -0.4 is 0 Å². The fraction of sp³-hybridized carbons (Fsp3) is 0.769. The maximum atomic E-state index is 11.1. The molecule has 1 atom stereocenters. The molecule has 0 N–H and O–H groups in total. The third kappa shape index (κ3) is 7.63. The van der Waals surface area contributed by atoms with Gasteiger partial charge in [0.25, 0.3) is 0 Å². The Bertz CT molecular complexity index is 249. The molecule has 0 aromatic heterocycles. The Labute approximate surface area is 113 Å². The van der Waals surface area contributed by atoms with Gasteiger partial charge in [0.1, 0.15) is 6.29 Å². The lowest BCUT2D eigenvalue weighted by Crippen LogP contribution is -2.23. The van der Waals surface area contributed by atoms with Crippen molar-refractivity contribution in [2.75, 3.05) is 13.2 Å². The number of hydrogen-bond acceptors (Lipinski definition) is 4. The van der Waals surface area contributed by atoms with E-state index in [1.54, 1.807) is 6.92 Å². The average Bonchev–Trinajstić information content (AvgIpc) is 2.34. The molecule has 0 saturated carbocycles. The fourth-order valence-corrected chi connectivity index (χ4v) is 2.65. The molecule has 0 aliphatic carbocycles. The molecule has 1 saturated heterocycles. The second-order valence-electron chi connectivity index (χ2n) is 4.29. The highest BCUT2D eigenvalue weighted by Crippen LogP contribution is 2.13. The normalized spacial score (nSPS) is 19.5. The Morgan fingerprint density at radius 1 is 1.50 bits per heavy atom. The molecule has 0 amide bonds. The van der Waals surface area contributed by atoms with E-state index in [2.05, 4.69) is 6.58 Å². The summed E-state index contributed by atoms with van der Waals surface area (Å²) in [5.74, 6) is -0.303. The molecule has 1 unspecified atom stereocenters. The first-order valence-corrected chi connectivity index (χ1v) is 7.83. The number of carbonyl (C=O) groups is 1. The molecule has 0 spiro atoms. The van der Waals surface area contributed by atoms with Crippen molar-refractivity contribution in [2.24, 2.45) is 0 Å². The largest absolute Gasteiger partial charge is 0.462 e.